The van der Waals surface area contributed by atoms with Crippen molar-refractivity contribution in [3.63, 3.8) is 0 Å². The Hall–Kier alpha value is -1.22. The monoisotopic (exact) mass is 194 g/mol. The molecule has 0 amide bonds. The Bertz CT molecular complexity index is 287. The molecule has 0 atom stereocenters. The Labute approximate surface area is 85.5 Å². The molecule has 0 saturated heterocycles. The second kappa shape index (κ2) is 5.50. The molecule has 0 unspecified atom stereocenters. The first-order valence-corrected chi connectivity index (χ1v) is 4.90. The lowest BCUT2D eigenvalue weighted by Crippen LogP contribution is -2.16. The molecule has 0 radical (unpaired) electrons. The summed E-state index contributed by atoms with van der Waals surface area (Å²) in [6.07, 6.45) is 0. The van der Waals surface area contributed by atoms with Crippen LogP contribution < -0.4 is 15.4 Å². The topological polar surface area (TPSA) is 33.3 Å². The molecule has 0 fully saturated rings. The minimum absolute atomic E-state index is 0.712. The van der Waals surface area contributed by atoms with E-state index >= 15 is 0 Å². The first-order valence-electron chi connectivity index (χ1n) is 4.90. The fourth-order valence-corrected chi connectivity index (χ4v) is 1.27. The number of hydrogen-bond acceptors (Lipinski definition) is 3. The van der Waals surface area contributed by atoms with E-state index < -0.39 is 0 Å². The van der Waals surface area contributed by atoms with Crippen molar-refractivity contribution >= 4 is 5.69 Å². The van der Waals surface area contributed by atoms with Crippen molar-refractivity contribution < 1.29 is 4.74 Å². The summed E-state index contributed by atoms with van der Waals surface area (Å²) >= 11 is 0. The maximum absolute atomic E-state index is 5.45. The van der Waals surface area contributed by atoms with Crippen molar-refractivity contribution in [1.29, 1.82) is 0 Å². The van der Waals surface area contributed by atoms with Gasteiger partial charge in [-0.1, -0.05) is 0 Å². The van der Waals surface area contributed by atoms with E-state index in [0.717, 1.165) is 23.7 Å². The number of hydrogen-bond donors (Lipinski definition) is 2. The third-order valence-electron chi connectivity index (χ3n) is 1.94. The van der Waals surface area contributed by atoms with Gasteiger partial charge in [0, 0.05) is 5.69 Å². The van der Waals surface area contributed by atoms with Gasteiger partial charge in [0.1, 0.15) is 5.75 Å². The van der Waals surface area contributed by atoms with E-state index in [9.17, 15) is 0 Å². The highest BCUT2D eigenvalue weighted by Crippen LogP contribution is 2.21. The number of nitrogens with one attached hydrogen (secondary N) is 2. The van der Waals surface area contributed by atoms with Gasteiger partial charge in [-0.15, -0.1) is 0 Å². The summed E-state index contributed by atoms with van der Waals surface area (Å²) in [5.41, 5.74) is 2.27. The van der Waals surface area contributed by atoms with Crippen LogP contribution in [-0.2, 0) is 0 Å². The van der Waals surface area contributed by atoms with Crippen LogP contribution >= 0.6 is 0 Å². The van der Waals surface area contributed by atoms with E-state index in [0.29, 0.717) is 6.61 Å². The Balaban J connectivity index is 2.68. The predicted octanol–water partition coefficient (Wildman–Crippen LogP) is 1.98. The summed E-state index contributed by atoms with van der Waals surface area (Å²) < 4.78 is 5.45. The van der Waals surface area contributed by atoms with Crippen molar-refractivity contribution in [2.24, 2.45) is 0 Å². The second-order valence-electron chi connectivity index (χ2n) is 3.12. The van der Waals surface area contributed by atoms with Crippen molar-refractivity contribution in [2.75, 3.05) is 25.6 Å². The molecule has 3 heteroatoms. The number of anilines is 1. The Morgan fingerprint density at radius 1 is 1.36 bits per heavy atom. The number of rotatable bonds is 5. The maximum atomic E-state index is 5.45. The van der Waals surface area contributed by atoms with Gasteiger partial charge >= 0.3 is 0 Å². The molecular weight excluding hydrogens is 176 g/mol. The molecule has 78 valence electrons. The van der Waals surface area contributed by atoms with E-state index in [1.807, 2.05) is 26.1 Å². The third-order valence-corrected chi connectivity index (χ3v) is 1.94. The van der Waals surface area contributed by atoms with Crippen molar-refractivity contribution in [3.05, 3.63) is 23.8 Å². The normalized spacial score (nSPS) is 9.93. The van der Waals surface area contributed by atoms with E-state index in [4.69, 9.17) is 4.74 Å². The molecule has 0 spiro atoms. The van der Waals surface area contributed by atoms with Gasteiger partial charge in [-0.2, -0.15) is 0 Å². The summed E-state index contributed by atoms with van der Waals surface area (Å²) in [5, 5.41) is 6.27. The molecule has 0 heterocycles. The smallest absolute Gasteiger partial charge is 0.122 e. The fourth-order valence-electron chi connectivity index (χ4n) is 1.27. The average Bonchev–Trinajstić information content (AvgIpc) is 2.19. The van der Waals surface area contributed by atoms with E-state index in [1.165, 1.54) is 0 Å². The zero-order valence-corrected chi connectivity index (χ0v) is 9.05. The molecule has 2 N–H and O–H groups in total. The van der Waals surface area contributed by atoms with Crippen LogP contribution in [-0.4, -0.2) is 20.3 Å². The maximum Gasteiger partial charge on any atom is 0.122 e. The van der Waals surface area contributed by atoms with E-state index in [1.54, 1.807) is 0 Å². The summed E-state index contributed by atoms with van der Waals surface area (Å²) in [6.45, 7) is 5.53. The van der Waals surface area contributed by atoms with Crippen molar-refractivity contribution in [2.45, 2.75) is 13.8 Å². The zero-order valence-electron chi connectivity index (χ0n) is 9.05. The highest BCUT2D eigenvalue weighted by molar-refractivity contribution is 5.50. The molecule has 0 saturated carbocycles. The van der Waals surface area contributed by atoms with Gasteiger partial charge in [0.05, 0.1) is 13.3 Å². The SMILES string of the molecule is CCOc1ccc(NCNC)cc1C. The molecule has 0 aliphatic rings. The minimum Gasteiger partial charge on any atom is -0.494 e. The van der Waals surface area contributed by atoms with Crippen LogP contribution in [0, 0.1) is 6.92 Å². The zero-order chi connectivity index (χ0) is 10.4. The Morgan fingerprint density at radius 3 is 2.71 bits per heavy atom. The Kier molecular flexibility index (Phi) is 4.26. The molecule has 3 nitrogen and oxygen atoms in total. The fraction of sp³-hybridized carbons (Fsp3) is 0.455. The van der Waals surface area contributed by atoms with Crippen LogP contribution in [0.2, 0.25) is 0 Å². The molecule has 14 heavy (non-hydrogen) atoms. The van der Waals surface area contributed by atoms with Crippen molar-refractivity contribution in [3.8, 4) is 5.75 Å². The summed E-state index contributed by atoms with van der Waals surface area (Å²) in [7, 11) is 1.91. The summed E-state index contributed by atoms with van der Waals surface area (Å²) in [6, 6.07) is 6.11. The largest absolute Gasteiger partial charge is 0.494 e. The molecule has 0 aromatic heterocycles. The minimum atomic E-state index is 0.712. The standard InChI is InChI=1S/C11H18N2O/c1-4-14-11-6-5-10(7-9(11)2)13-8-12-3/h5-7,12-13H,4,8H2,1-3H3. The van der Waals surface area contributed by atoms with Gasteiger partial charge in [0.15, 0.2) is 0 Å². The third kappa shape index (κ3) is 2.92. The lowest BCUT2D eigenvalue weighted by atomic mass is 10.2. The average molecular weight is 194 g/mol. The Morgan fingerprint density at radius 2 is 2.14 bits per heavy atom. The van der Waals surface area contributed by atoms with Gasteiger partial charge in [-0.05, 0) is 44.7 Å². The number of benzene rings is 1. The quantitative estimate of drug-likeness (QED) is 0.703. The van der Waals surface area contributed by atoms with Gasteiger partial charge < -0.3 is 15.4 Å². The van der Waals surface area contributed by atoms with Gasteiger partial charge in [0.2, 0.25) is 0 Å². The van der Waals surface area contributed by atoms with Gasteiger partial charge in [-0.25, -0.2) is 0 Å². The molecule has 1 rings (SSSR count). The lowest BCUT2D eigenvalue weighted by Gasteiger charge is -2.10. The van der Waals surface area contributed by atoms with Gasteiger partial charge in [-0.3, -0.25) is 0 Å². The highest BCUT2D eigenvalue weighted by Gasteiger charge is 1.99. The van der Waals surface area contributed by atoms with Crippen LogP contribution in [0.25, 0.3) is 0 Å². The highest BCUT2D eigenvalue weighted by atomic mass is 16.5. The van der Waals surface area contributed by atoms with E-state index in [-0.39, 0.29) is 0 Å². The first-order chi connectivity index (χ1) is 6.77. The molecule has 0 aliphatic heterocycles. The summed E-state index contributed by atoms with van der Waals surface area (Å²) in [5.74, 6) is 0.961. The number of ether oxygens (including phenoxy) is 1. The number of aryl methyl sites for hydroxylation is 1. The van der Waals surface area contributed by atoms with Crippen molar-refractivity contribution in [1.82, 2.24) is 5.32 Å². The molecule has 1 aromatic rings. The molecule has 0 bridgehead atoms. The van der Waals surface area contributed by atoms with Crippen LogP contribution in [0.1, 0.15) is 12.5 Å². The van der Waals surface area contributed by atoms with Crippen LogP contribution in [0.4, 0.5) is 5.69 Å². The van der Waals surface area contributed by atoms with E-state index in [2.05, 4.69) is 23.6 Å². The van der Waals surface area contributed by atoms with Crippen LogP contribution in [0.3, 0.4) is 0 Å². The van der Waals surface area contributed by atoms with Crippen LogP contribution in [0.15, 0.2) is 18.2 Å². The van der Waals surface area contributed by atoms with Crippen LogP contribution in [0.5, 0.6) is 5.75 Å². The lowest BCUT2D eigenvalue weighted by molar-refractivity contribution is 0.338. The molecular formula is C11H18N2O. The predicted molar refractivity (Wildman–Crippen MR) is 59.9 cm³/mol. The molecule has 1 aromatic carbocycles. The molecule has 0 aliphatic carbocycles. The summed E-state index contributed by atoms with van der Waals surface area (Å²) in [4.78, 5) is 0. The first kappa shape index (κ1) is 10.9. The second-order valence-corrected chi connectivity index (χ2v) is 3.12. The van der Waals surface area contributed by atoms with Gasteiger partial charge in [0.25, 0.3) is 0 Å².